The molecule has 2 aromatic rings. The number of aryl methyl sites for hydroxylation is 1. The molecule has 2 heterocycles. The highest BCUT2D eigenvalue weighted by Gasteiger charge is 2.23. The summed E-state index contributed by atoms with van der Waals surface area (Å²) in [7, 11) is 4.21. The van der Waals surface area contributed by atoms with Gasteiger partial charge in [-0.25, -0.2) is 9.97 Å². The van der Waals surface area contributed by atoms with Crippen LogP contribution in [0.2, 0.25) is 5.02 Å². The molecule has 3 N–H and O–H groups in total. The van der Waals surface area contributed by atoms with Crippen LogP contribution in [0.5, 0.6) is 0 Å². The molecule has 1 aliphatic heterocycles. The molecule has 0 unspecified atom stereocenters. The SMILES string of the molecule is Cc1ccc(Nc2ncnc(N(C)C3CCN(C)CC3)c2N)cc1Cl. The Morgan fingerprint density at radius 3 is 2.68 bits per heavy atom. The average Bonchev–Trinajstić information content (AvgIpc) is 2.60. The smallest absolute Gasteiger partial charge is 0.159 e. The molecule has 0 saturated carbocycles. The number of likely N-dealkylation sites (tertiary alicyclic amines) is 1. The molecule has 1 saturated heterocycles. The number of anilines is 4. The lowest BCUT2D eigenvalue weighted by molar-refractivity contribution is 0.252. The molecule has 7 heteroatoms. The van der Waals surface area contributed by atoms with Gasteiger partial charge < -0.3 is 20.9 Å². The van der Waals surface area contributed by atoms with Gasteiger partial charge in [-0.05, 0) is 57.6 Å². The Labute approximate surface area is 154 Å². The lowest BCUT2D eigenvalue weighted by Crippen LogP contribution is -2.42. The minimum absolute atomic E-state index is 0.440. The van der Waals surface area contributed by atoms with E-state index in [4.69, 9.17) is 17.3 Å². The standard InChI is InChI=1S/C18H25ClN6/c1-12-4-5-13(10-15(12)19)23-17-16(20)18(22-11-21-17)25(3)14-6-8-24(2)9-7-14/h4-5,10-11,14H,6-9,20H2,1-3H3,(H,21,22,23). The second-order valence-electron chi connectivity index (χ2n) is 6.69. The van der Waals surface area contributed by atoms with Gasteiger partial charge in [0, 0.05) is 23.8 Å². The van der Waals surface area contributed by atoms with Crippen molar-refractivity contribution in [1.82, 2.24) is 14.9 Å². The van der Waals surface area contributed by atoms with E-state index in [0.717, 1.165) is 43.0 Å². The zero-order valence-corrected chi connectivity index (χ0v) is 15.7. The van der Waals surface area contributed by atoms with Crippen molar-refractivity contribution in [2.45, 2.75) is 25.8 Å². The average molecular weight is 361 g/mol. The molecule has 6 nitrogen and oxygen atoms in total. The summed E-state index contributed by atoms with van der Waals surface area (Å²) < 4.78 is 0. The normalized spacial score (nSPS) is 16.0. The Bertz CT molecular complexity index is 742. The molecule has 1 aromatic heterocycles. The molecular weight excluding hydrogens is 336 g/mol. The number of nitrogen functional groups attached to an aromatic ring is 1. The molecule has 1 fully saturated rings. The fourth-order valence-corrected chi connectivity index (χ4v) is 3.31. The second kappa shape index (κ2) is 7.45. The number of piperidine rings is 1. The highest BCUT2D eigenvalue weighted by Crippen LogP contribution is 2.31. The van der Waals surface area contributed by atoms with E-state index in [0.29, 0.717) is 22.6 Å². The van der Waals surface area contributed by atoms with Gasteiger partial charge in [-0.15, -0.1) is 0 Å². The molecule has 0 bridgehead atoms. The molecule has 0 radical (unpaired) electrons. The van der Waals surface area contributed by atoms with Gasteiger partial charge >= 0.3 is 0 Å². The number of benzene rings is 1. The van der Waals surface area contributed by atoms with Gasteiger partial charge in [0.15, 0.2) is 11.6 Å². The van der Waals surface area contributed by atoms with Crippen LogP contribution in [0.1, 0.15) is 18.4 Å². The zero-order chi connectivity index (χ0) is 18.0. The van der Waals surface area contributed by atoms with Gasteiger partial charge in [0.1, 0.15) is 12.0 Å². The van der Waals surface area contributed by atoms with E-state index in [9.17, 15) is 0 Å². The lowest BCUT2D eigenvalue weighted by Gasteiger charge is -2.36. The first kappa shape index (κ1) is 17.8. The first-order valence-electron chi connectivity index (χ1n) is 8.50. The minimum Gasteiger partial charge on any atom is -0.393 e. The first-order valence-corrected chi connectivity index (χ1v) is 8.88. The van der Waals surface area contributed by atoms with Crippen LogP contribution in [0.15, 0.2) is 24.5 Å². The number of halogens is 1. The molecular formula is C18H25ClN6. The van der Waals surface area contributed by atoms with Crippen LogP contribution < -0.4 is 16.0 Å². The number of nitrogens with one attached hydrogen (secondary N) is 1. The van der Waals surface area contributed by atoms with Crippen molar-refractivity contribution in [3.8, 4) is 0 Å². The summed E-state index contributed by atoms with van der Waals surface area (Å²) in [6, 6.07) is 6.24. The van der Waals surface area contributed by atoms with E-state index in [1.807, 2.05) is 25.1 Å². The van der Waals surface area contributed by atoms with Crippen LogP contribution in [-0.2, 0) is 0 Å². The first-order chi connectivity index (χ1) is 12.0. The Morgan fingerprint density at radius 2 is 2.00 bits per heavy atom. The Morgan fingerprint density at radius 1 is 1.28 bits per heavy atom. The van der Waals surface area contributed by atoms with Crippen molar-refractivity contribution in [2.75, 3.05) is 43.1 Å². The van der Waals surface area contributed by atoms with Gasteiger partial charge in [0.05, 0.1) is 0 Å². The zero-order valence-electron chi connectivity index (χ0n) is 15.0. The van der Waals surface area contributed by atoms with E-state index in [-0.39, 0.29) is 0 Å². The molecule has 134 valence electrons. The summed E-state index contributed by atoms with van der Waals surface area (Å²) >= 11 is 6.20. The second-order valence-corrected chi connectivity index (χ2v) is 7.10. The topological polar surface area (TPSA) is 70.3 Å². The van der Waals surface area contributed by atoms with Crippen molar-refractivity contribution in [3.05, 3.63) is 35.1 Å². The van der Waals surface area contributed by atoms with E-state index in [2.05, 4.69) is 39.2 Å². The summed E-state index contributed by atoms with van der Waals surface area (Å²) in [4.78, 5) is 13.2. The van der Waals surface area contributed by atoms with Crippen LogP contribution in [0.4, 0.5) is 23.0 Å². The molecule has 1 aliphatic rings. The largest absolute Gasteiger partial charge is 0.393 e. The van der Waals surface area contributed by atoms with Crippen molar-refractivity contribution in [2.24, 2.45) is 0 Å². The maximum Gasteiger partial charge on any atom is 0.159 e. The molecule has 1 aromatic carbocycles. The number of rotatable bonds is 4. The fourth-order valence-electron chi connectivity index (χ4n) is 3.13. The quantitative estimate of drug-likeness (QED) is 0.871. The highest BCUT2D eigenvalue weighted by molar-refractivity contribution is 6.31. The monoisotopic (exact) mass is 360 g/mol. The predicted octanol–water partition coefficient (Wildman–Crippen LogP) is 3.29. The van der Waals surface area contributed by atoms with E-state index >= 15 is 0 Å². The Balaban J connectivity index is 1.80. The molecule has 0 atom stereocenters. The van der Waals surface area contributed by atoms with Crippen molar-refractivity contribution in [1.29, 1.82) is 0 Å². The van der Waals surface area contributed by atoms with Crippen molar-refractivity contribution >= 4 is 34.6 Å². The van der Waals surface area contributed by atoms with E-state index in [1.165, 1.54) is 0 Å². The highest BCUT2D eigenvalue weighted by atomic mass is 35.5. The lowest BCUT2D eigenvalue weighted by atomic mass is 10.0. The molecule has 3 rings (SSSR count). The van der Waals surface area contributed by atoms with Gasteiger partial charge in [-0.3, -0.25) is 0 Å². The molecule has 0 amide bonds. The molecule has 0 spiro atoms. The fraction of sp³-hybridized carbons (Fsp3) is 0.444. The van der Waals surface area contributed by atoms with Gasteiger partial charge in [-0.1, -0.05) is 17.7 Å². The number of nitrogens with zero attached hydrogens (tertiary/aromatic N) is 4. The Kier molecular flexibility index (Phi) is 5.30. The van der Waals surface area contributed by atoms with Crippen LogP contribution >= 0.6 is 11.6 Å². The Hall–Kier alpha value is -2.05. The summed E-state index contributed by atoms with van der Waals surface area (Å²) in [5.74, 6) is 1.37. The third kappa shape index (κ3) is 3.96. The van der Waals surface area contributed by atoms with Crippen LogP contribution in [-0.4, -0.2) is 48.1 Å². The van der Waals surface area contributed by atoms with E-state index in [1.54, 1.807) is 6.33 Å². The summed E-state index contributed by atoms with van der Waals surface area (Å²) in [6.45, 7) is 4.15. The predicted molar refractivity (Wildman–Crippen MR) is 105 cm³/mol. The molecule has 0 aliphatic carbocycles. The minimum atomic E-state index is 0.440. The number of nitrogens with two attached hydrogens (primary N) is 1. The van der Waals surface area contributed by atoms with Gasteiger partial charge in [-0.2, -0.15) is 0 Å². The van der Waals surface area contributed by atoms with Gasteiger partial charge in [0.25, 0.3) is 0 Å². The van der Waals surface area contributed by atoms with Crippen molar-refractivity contribution in [3.63, 3.8) is 0 Å². The van der Waals surface area contributed by atoms with Gasteiger partial charge in [0.2, 0.25) is 0 Å². The van der Waals surface area contributed by atoms with Crippen LogP contribution in [0, 0.1) is 6.92 Å². The third-order valence-corrected chi connectivity index (χ3v) is 5.27. The number of hydrogen-bond donors (Lipinski definition) is 2. The number of aromatic nitrogens is 2. The summed E-state index contributed by atoms with van der Waals surface area (Å²) in [6.07, 6.45) is 3.76. The summed E-state index contributed by atoms with van der Waals surface area (Å²) in [5, 5.41) is 3.96. The van der Waals surface area contributed by atoms with Crippen LogP contribution in [0.3, 0.4) is 0 Å². The maximum atomic E-state index is 6.36. The maximum absolute atomic E-state index is 6.36. The van der Waals surface area contributed by atoms with Crippen LogP contribution in [0.25, 0.3) is 0 Å². The van der Waals surface area contributed by atoms with Crippen molar-refractivity contribution < 1.29 is 0 Å². The van der Waals surface area contributed by atoms with E-state index < -0.39 is 0 Å². The number of hydrogen-bond acceptors (Lipinski definition) is 6. The third-order valence-electron chi connectivity index (χ3n) is 4.87. The summed E-state index contributed by atoms with van der Waals surface area (Å²) in [5.41, 5.74) is 8.81. The molecule has 25 heavy (non-hydrogen) atoms.